The minimum Gasteiger partial charge on any atom is -0.358 e. The fourth-order valence-electron chi connectivity index (χ4n) is 0.859. The van der Waals surface area contributed by atoms with E-state index < -0.39 is 20.8 Å². The van der Waals surface area contributed by atoms with E-state index in [1.165, 1.54) is 0 Å². The molecular weight excluding hydrogens is 234 g/mol. The van der Waals surface area contributed by atoms with Crippen LogP contribution in [0.2, 0.25) is 0 Å². The summed E-state index contributed by atoms with van der Waals surface area (Å²) in [5.74, 6) is 1.68. The molecule has 0 spiro atoms. The standard InChI is InChI=1S/C8H7N3O4S/c1-2-5-10-16(14,15)7-3-4-8(9-6-7)11(12)13/h1,3-4,6,10H,5H2. The summed E-state index contributed by atoms with van der Waals surface area (Å²) in [6, 6.07) is 2.09. The van der Waals surface area contributed by atoms with Gasteiger partial charge < -0.3 is 10.1 Å². The van der Waals surface area contributed by atoms with Gasteiger partial charge in [-0.3, -0.25) is 0 Å². The first-order valence-electron chi connectivity index (χ1n) is 4.01. The number of rotatable bonds is 4. The van der Waals surface area contributed by atoms with Crippen molar-refractivity contribution in [3.8, 4) is 12.3 Å². The highest BCUT2D eigenvalue weighted by Gasteiger charge is 2.16. The second-order valence-corrected chi connectivity index (χ2v) is 4.40. The van der Waals surface area contributed by atoms with Crippen LogP contribution in [0.3, 0.4) is 0 Å². The Bertz CT molecular complexity index is 529. The van der Waals surface area contributed by atoms with Crippen LogP contribution in [0.25, 0.3) is 0 Å². The maximum atomic E-state index is 11.5. The molecule has 0 amide bonds. The first kappa shape index (κ1) is 12.1. The molecule has 0 aromatic carbocycles. The Morgan fingerprint density at radius 3 is 2.69 bits per heavy atom. The van der Waals surface area contributed by atoms with Gasteiger partial charge in [-0.1, -0.05) is 5.92 Å². The van der Waals surface area contributed by atoms with Crippen LogP contribution in [-0.4, -0.2) is 24.9 Å². The molecule has 0 radical (unpaired) electrons. The van der Waals surface area contributed by atoms with Crippen molar-refractivity contribution >= 4 is 15.8 Å². The minimum absolute atomic E-state index is 0.153. The molecular formula is C8H7N3O4S. The summed E-state index contributed by atoms with van der Waals surface area (Å²) in [6.07, 6.45) is 5.80. The maximum absolute atomic E-state index is 11.5. The van der Waals surface area contributed by atoms with E-state index in [0.717, 1.165) is 18.3 Å². The number of nitro groups is 1. The summed E-state index contributed by atoms with van der Waals surface area (Å²) in [5.41, 5.74) is 0. The molecule has 1 rings (SSSR count). The smallest absolute Gasteiger partial charge is 0.358 e. The second-order valence-electron chi connectivity index (χ2n) is 2.64. The fourth-order valence-corrected chi connectivity index (χ4v) is 1.74. The van der Waals surface area contributed by atoms with Crippen molar-refractivity contribution < 1.29 is 13.3 Å². The number of hydrogen-bond acceptors (Lipinski definition) is 5. The summed E-state index contributed by atoms with van der Waals surface area (Å²) < 4.78 is 25.0. The monoisotopic (exact) mass is 241 g/mol. The van der Waals surface area contributed by atoms with Crippen molar-refractivity contribution in [3.63, 3.8) is 0 Å². The van der Waals surface area contributed by atoms with Crippen LogP contribution in [-0.2, 0) is 10.0 Å². The third-order valence-corrected chi connectivity index (χ3v) is 2.97. The van der Waals surface area contributed by atoms with Crippen molar-refractivity contribution in [2.45, 2.75) is 4.90 Å². The highest BCUT2D eigenvalue weighted by molar-refractivity contribution is 7.89. The lowest BCUT2D eigenvalue weighted by Crippen LogP contribution is -2.24. The topological polar surface area (TPSA) is 102 Å². The number of nitrogens with one attached hydrogen (secondary N) is 1. The van der Waals surface area contributed by atoms with Gasteiger partial charge in [0.15, 0.2) is 6.20 Å². The first-order chi connectivity index (χ1) is 7.47. The van der Waals surface area contributed by atoms with Crippen molar-refractivity contribution in [1.29, 1.82) is 0 Å². The summed E-state index contributed by atoms with van der Waals surface area (Å²) in [5, 5.41) is 10.3. The number of aromatic nitrogens is 1. The van der Waals surface area contributed by atoms with E-state index in [0.29, 0.717) is 0 Å². The van der Waals surface area contributed by atoms with E-state index in [-0.39, 0.29) is 11.4 Å². The molecule has 0 saturated heterocycles. The third-order valence-electron chi connectivity index (χ3n) is 1.58. The van der Waals surface area contributed by atoms with Gasteiger partial charge in [-0.05, 0) is 16.0 Å². The van der Waals surface area contributed by atoms with E-state index in [1.54, 1.807) is 0 Å². The number of hydrogen-bond donors (Lipinski definition) is 1. The molecule has 16 heavy (non-hydrogen) atoms. The van der Waals surface area contributed by atoms with Crippen LogP contribution >= 0.6 is 0 Å². The number of pyridine rings is 1. The zero-order valence-electron chi connectivity index (χ0n) is 7.95. The van der Waals surface area contributed by atoms with Crippen LogP contribution in [0.5, 0.6) is 0 Å². The van der Waals surface area contributed by atoms with Crippen molar-refractivity contribution in [1.82, 2.24) is 9.71 Å². The summed E-state index contributed by atoms with van der Waals surface area (Å²) >= 11 is 0. The van der Waals surface area contributed by atoms with Crippen molar-refractivity contribution in [3.05, 3.63) is 28.4 Å². The molecule has 1 aromatic heterocycles. The Morgan fingerprint density at radius 2 is 2.25 bits per heavy atom. The van der Waals surface area contributed by atoms with Crippen molar-refractivity contribution in [2.24, 2.45) is 0 Å². The summed E-state index contributed by atoms with van der Waals surface area (Å²) in [6.45, 7) is -0.153. The SMILES string of the molecule is C#CCNS(=O)(=O)c1ccc([N+](=O)[O-])nc1. The van der Waals surface area contributed by atoms with Gasteiger partial charge in [-0.2, -0.15) is 4.72 Å². The third kappa shape index (κ3) is 2.75. The van der Waals surface area contributed by atoms with E-state index in [9.17, 15) is 18.5 Å². The van der Waals surface area contributed by atoms with Gasteiger partial charge in [0, 0.05) is 6.07 Å². The zero-order valence-corrected chi connectivity index (χ0v) is 8.77. The molecule has 0 bridgehead atoms. The van der Waals surface area contributed by atoms with Gasteiger partial charge in [0.2, 0.25) is 10.0 Å². The lowest BCUT2D eigenvalue weighted by atomic mass is 10.5. The van der Waals surface area contributed by atoms with Gasteiger partial charge >= 0.3 is 5.82 Å². The average molecular weight is 241 g/mol. The molecule has 0 atom stereocenters. The van der Waals surface area contributed by atoms with Gasteiger partial charge in [0.05, 0.1) is 6.54 Å². The molecule has 0 saturated carbocycles. The number of nitrogens with zero attached hydrogens (tertiary/aromatic N) is 2. The Balaban J connectivity index is 2.98. The number of sulfonamides is 1. The molecule has 0 aliphatic heterocycles. The molecule has 1 heterocycles. The van der Waals surface area contributed by atoms with Crippen LogP contribution < -0.4 is 4.72 Å². The molecule has 0 fully saturated rings. The molecule has 1 N–H and O–H groups in total. The van der Waals surface area contributed by atoms with Crippen LogP contribution in [0, 0.1) is 22.5 Å². The predicted octanol–water partition coefficient (Wildman–Crippen LogP) is -0.0987. The van der Waals surface area contributed by atoms with Crippen LogP contribution in [0.4, 0.5) is 5.82 Å². The first-order valence-corrected chi connectivity index (χ1v) is 5.49. The highest BCUT2D eigenvalue weighted by atomic mass is 32.2. The summed E-state index contributed by atoms with van der Waals surface area (Å²) in [4.78, 5) is 12.8. The minimum atomic E-state index is -3.74. The number of terminal acetylenes is 1. The lowest BCUT2D eigenvalue weighted by molar-refractivity contribution is -0.389. The van der Waals surface area contributed by atoms with Crippen molar-refractivity contribution in [2.75, 3.05) is 6.54 Å². The molecule has 1 aromatic rings. The van der Waals surface area contributed by atoms with Gasteiger partial charge in [-0.25, -0.2) is 8.42 Å². The quantitative estimate of drug-likeness (QED) is 0.450. The molecule has 8 heteroatoms. The molecule has 0 aliphatic rings. The fraction of sp³-hybridized carbons (Fsp3) is 0.125. The van der Waals surface area contributed by atoms with Gasteiger partial charge in [-0.15, -0.1) is 6.42 Å². The van der Waals surface area contributed by atoms with E-state index >= 15 is 0 Å². The largest absolute Gasteiger partial charge is 0.363 e. The maximum Gasteiger partial charge on any atom is 0.363 e. The molecule has 84 valence electrons. The Morgan fingerprint density at radius 1 is 1.56 bits per heavy atom. The second kappa shape index (κ2) is 4.69. The summed E-state index contributed by atoms with van der Waals surface area (Å²) in [7, 11) is -3.74. The van der Waals surface area contributed by atoms with E-state index in [4.69, 9.17) is 6.42 Å². The molecule has 0 unspecified atom stereocenters. The van der Waals surface area contributed by atoms with E-state index in [1.807, 2.05) is 0 Å². The highest BCUT2D eigenvalue weighted by Crippen LogP contribution is 2.11. The molecule has 0 aliphatic carbocycles. The normalized spacial score (nSPS) is 10.7. The Kier molecular flexibility index (Phi) is 3.55. The van der Waals surface area contributed by atoms with Crippen LogP contribution in [0.1, 0.15) is 0 Å². The average Bonchev–Trinajstić information content (AvgIpc) is 2.26. The predicted molar refractivity (Wildman–Crippen MR) is 54.9 cm³/mol. The van der Waals surface area contributed by atoms with E-state index in [2.05, 4.69) is 15.6 Å². The van der Waals surface area contributed by atoms with Gasteiger partial charge in [0.25, 0.3) is 0 Å². The molecule has 7 nitrogen and oxygen atoms in total. The van der Waals surface area contributed by atoms with Gasteiger partial charge in [0.1, 0.15) is 4.90 Å². The Hall–Kier alpha value is -1.98. The Labute approximate surface area is 91.7 Å². The lowest BCUT2D eigenvalue weighted by Gasteiger charge is -2.01. The zero-order chi connectivity index (χ0) is 12.2. The van der Waals surface area contributed by atoms with Crippen LogP contribution in [0.15, 0.2) is 23.2 Å².